The molecule has 0 aliphatic carbocycles. The van der Waals surface area contributed by atoms with Gasteiger partial charge in [-0.1, -0.05) is 6.07 Å². The minimum Gasteiger partial charge on any atom is -0.508 e. The minimum absolute atomic E-state index is 0.00240. The first-order valence-corrected chi connectivity index (χ1v) is 11.2. The molecule has 0 radical (unpaired) electrons. The van der Waals surface area contributed by atoms with E-state index in [4.69, 9.17) is 23.4 Å². The molecule has 0 saturated carbocycles. The minimum atomic E-state index is -0.701. The number of phenols is 3. The van der Waals surface area contributed by atoms with Crippen LogP contribution in [-0.4, -0.2) is 54.5 Å². The largest absolute Gasteiger partial charge is 0.508 e. The van der Waals surface area contributed by atoms with E-state index in [2.05, 4.69) is 0 Å². The summed E-state index contributed by atoms with van der Waals surface area (Å²) < 4.78 is 28.0. The molecule has 1 atom stereocenters. The molecule has 0 spiro atoms. The lowest BCUT2D eigenvalue weighted by Gasteiger charge is -2.21. The molecular formula is C27H26O10. The summed E-state index contributed by atoms with van der Waals surface area (Å²) in [6.07, 6.45) is -0.416. The molecule has 194 valence electrons. The first kappa shape index (κ1) is 25.5. The van der Waals surface area contributed by atoms with E-state index < -0.39 is 17.3 Å². The molecule has 4 N–H and O–H groups in total. The highest BCUT2D eigenvalue weighted by molar-refractivity contribution is 5.86. The number of aliphatic hydroxyl groups is 1. The van der Waals surface area contributed by atoms with E-state index in [-0.39, 0.29) is 58.5 Å². The van der Waals surface area contributed by atoms with Crippen molar-refractivity contribution in [2.24, 2.45) is 0 Å². The molecule has 10 nitrogen and oxygen atoms in total. The topological polar surface area (TPSA) is 148 Å². The van der Waals surface area contributed by atoms with E-state index in [0.29, 0.717) is 11.3 Å². The maximum absolute atomic E-state index is 12.7. The zero-order valence-corrected chi connectivity index (χ0v) is 20.3. The zero-order chi connectivity index (χ0) is 26.7. The first-order valence-electron chi connectivity index (χ1n) is 11.2. The lowest BCUT2D eigenvalue weighted by molar-refractivity contribution is 0.109. The van der Waals surface area contributed by atoms with Gasteiger partial charge in [-0.05, 0) is 29.8 Å². The zero-order valence-electron chi connectivity index (χ0n) is 20.3. The second-order valence-electron chi connectivity index (χ2n) is 8.16. The summed E-state index contributed by atoms with van der Waals surface area (Å²) in [7, 11) is 4.30. The van der Waals surface area contributed by atoms with Crippen LogP contribution in [0.25, 0.3) is 22.3 Å². The van der Waals surface area contributed by atoms with Crippen molar-refractivity contribution in [1.29, 1.82) is 0 Å². The average Bonchev–Trinajstić information content (AvgIpc) is 2.88. The third kappa shape index (κ3) is 5.19. The lowest BCUT2D eigenvalue weighted by atomic mass is 10.1. The fraction of sp³-hybridized carbons (Fsp3) is 0.222. The molecule has 10 heteroatoms. The summed E-state index contributed by atoms with van der Waals surface area (Å²) >= 11 is 0. The molecule has 4 aromatic rings. The normalized spacial score (nSPS) is 11.8. The van der Waals surface area contributed by atoms with Gasteiger partial charge in [0, 0.05) is 30.2 Å². The predicted octanol–water partition coefficient (Wildman–Crippen LogP) is 3.59. The molecule has 3 aromatic carbocycles. The Kier molecular flexibility index (Phi) is 7.30. The third-order valence-electron chi connectivity index (χ3n) is 5.74. The van der Waals surface area contributed by atoms with Gasteiger partial charge in [-0.3, -0.25) is 4.79 Å². The highest BCUT2D eigenvalue weighted by Gasteiger charge is 2.22. The summed E-state index contributed by atoms with van der Waals surface area (Å²) in [6.45, 7) is -0.330. The van der Waals surface area contributed by atoms with Crippen molar-refractivity contribution < 1.29 is 43.8 Å². The van der Waals surface area contributed by atoms with Crippen LogP contribution in [0.15, 0.2) is 57.7 Å². The van der Waals surface area contributed by atoms with Crippen LogP contribution in [-0.2, 0) is 6.42 Å². The number of hydrogen-bond acceptors (Lipinski definition) is 10. The number of ether oxygens (including phenoxy) is 4. The Labute approximate surface area is 211 Å². The smallest absolute Gasteiger partial charge is 0.203 e. The first-order chi connectivity index (χ1) is 17.8. The standard InChI is InChI=1S/C27H26O10/c1-33-22-7-14(4-5-18(22)30)6-17(13-28)36-27-24(34-2)8-15(9-25(27)35-3)21-12-20(32)26-19(31)10-16(29)11-23(26)37-21/h4-5,7-12,17,28-31H,6,13H2,1-3H3. The molecule has 0 bridgehead atoms. The predicted molar refractivity (Wildman–Crippen MR) is 134 cm³/mol. The van der Waals surface area contributed by atoms with Gasteiger partial charge >= 0.3 is 0 Å². The van der Waals surface area contributed by atoms with Crippen molar-refractivity contribution in [3.05, 3.63) is 64.3 Å². The maximum Gasteiger partial charge on any atom is 0.203 e. The van der Waals surface area contributed by atoms with Crippen LogP contribution in [0.5, 0.6) is 40.2 Å². The number of fused-ring (bicyclic) bond motifs is 1. The van der Waals surface area contributed by atoms with Gasteiger partial charge < -0.3 is 43.8 Å². The van der Waals surface area contributed by atoms with Gasteiger partial charge in [-0.15, -0.1) is 0 Å². The molecule has 0 fully saturated rings. The van der Waals surface area contributed by atoms with Crippen molar-refractivity contribution in [3.63, 3.8) is 0 Å². The number of aliphatic hydroxyl groups excluding tert-OH is 1. The molecule has 0 amide bonds. The molecule has 0 aliphatic rings. The molecule has 4 rings (SSSR count). The number of phenolic OH excluding ortho intramolecular Hbond substituents is 3. The number of benzene rings is 3. The van der Waals surface area contributed by atoms with Gasteiger partial charge in [0.25, 0.3) is 0 Å². The third-order valence-corrected chi connectivity index (χ3v) is 5.74. The van der Waals surface area contributed by atoms with E-state index in [1.165, 1.54) is 39.5 Å². The Morgan fingerprint density at radius 1 is 0.838 bits per heavy atom. The fourth-order valence-electron chi connectivity index (χ4n) is 3.96. The van der Waals surface area contributed by atoms with Crippen molar-refractivity contribution in [2.45, 2.75) is 12.5 Å². The van der Waals surface area contributed by atoms with Crippen LogP contribution in [0, 0.1) is 0 Å². The summed E-state index contributed by atoms with van der Waals surface area (Å²) in [5.74, 6) is 0.498. The SMILES string of the molecule is COc1cc(CC(CO)Oc2c(OC)cc(-c3cc(=O)c4c(O)cc(O)cc4o3)cc2OC)ccc1O. The molecule has 0 aliphatic heterocycles. The Morgan fingerprint density at radius 3 is 2.14 bits per heavy atom. The van der Waals surface area contributed by atoms with Crippen LogP contribution in [0.3, 0.4) is 0 Å². The monoisotopic (exact) mass is 510 g/mol. The Bertz CT molecular complexity index is 1470. The number of methoxy groups -OCH3 is 3. The molecular weight excluding hydrogens is 484 g/mol. The summed E-state index contributed by atoms with van der Waals surface area (Å²) in [5.41, 5.74) is 0.666. The van der Waals surface area contributed by atoms with E-state index >= 15 is 0 Å². The van der Waals surface area contributed by atoms with Crippen molar-refractivity contribution in [3.8, 4) is 51.6 Å². The average molecular weight is 510 g/mol. The second-order valence-corrected chi connectivity index (χ2v) is 8.16. The Morgan fingerprint density at radius 2 is 1.51 bits per heavy atom. The van der Waals surface area contributed by atoms with E-state index in [9.17, 15) is 25.2 Å². The number of hydrogen-bond donors (Lipinski definition) is 4. The second kappa shape index (κ2) is 10.6. The van der Waals surface area contributed by atoms with Gasteiger partial charge in [-0.2, -0.15) is 0 Å². The fourth-order valence-corrected chi connectivity index (χ4v) is 3.96. The van der Waals surface area contributed by atoms with Crippen LogP contribution in [0.2, 0.25) is 0 Å². The van der Waals surface area contributed by atoms with E-state index in [1.807, 2.05) is 0 Å². The van der Waals surface area contributed by atoms with Gasteiger partial charge in [0.05, 0.1) is 27.9 Å². The van der Waals surface area contributed by atoms with Crippen LogP contribution < -0.4 is 24.4 Å². The van der Waals surface area contributed by atoms with Gasteiger partial charge in [0.2, 0.25) is 5.75 Å². The van der Waals surface area contributed by atoms with E-state index in [0.717, 1.165) is 11.6 Å². The Hall–Kier alpha value is -4.57. The van der Waals surface area contributed by atoms with Gasteiger partial charge in [0.15, 0.2) is 28.4 Å². The molecule has 0 saturated heterocycles. The molecule has 37 heavy (non-hydrogen) atoms. The molecule has 1 aromatic heterocycles. The Balaban J connectivity index is 1.71. The summed E-state index contributed by atoms with van der Waals surface area (Å²) in [6, 6.07) is 11.5. The quantitative estimate of drug-likeness (QED) is 0.263. The molecule has 1 unspecified atom stereocenters. The summed E-state index contributed by atoms with van der Waals surface area (Å²) in [4.78, 5) is 12.7. The molecule has 1 heterocycles. The van der Waals surface area contributed by atoms with Crippen LogP contribution in [0.1, 0.15) is 5.56 Å². The number of rotatable bonds is 9. The van der Waals surface area contributed by atoms with Crippen molar-refractivity contribution in [2.75, 3.05) is 27.9 Å². The van der Waals surface area contributed by atoms with Crippen molar-refractivity contribution >= 4 is 11.0 Å². The van der Waals surface area contributed by atoms with Crippen molar-refractivity contribution in [1.82, 2.24) is 0 Å². The van der Waals surface area contributed by atoms with Crippen LogP contribution >= 0.6 is 0 Å². The van der Waals surface area contributed by atoms with E-state index in [1.54, 1.807) is 24.3 Å². The lowest BCUT2D eigenvalue weighted by Crippen LogP contribution is -2.24. The highest BCUT2D eigenvalue weighted by Crippen LogP contribution is 2.43. The van der Waals surface area contributed by atoms with Gasteiger partial charge in [0.1, 0.15) is 34.3 Å². The maximum atomic E-state index is 12.7. The number of aromatic hydroxyl groups is 3. The highest BCUT2D eigenvalue weighted by atomic mass is 16.5. The summed E-state index contributed by atoms with van der Waals surface area (Å²) in [5, 5.41) is 39.6. The van der Waals surface area contributed by atoms with Crippen LogP contribution in [0.4, 0.5) is 0 Å². The van der Waals surface area contributed by atoms with Gasteiger partial charge in [-0.25, -0.2) is 0 Å².